The van der Waals surface area contributed by atoms with Gasteiger partial charge in [0.15, 0.2) is 0 Å². The van der Waals surface area contributed by atoms with Crippen LogP contribution in [0.2, 0.25) is 0 Å². The zero-order valence-electron chi connectivity index (χ0n) is 13.8. The van der Waals surface area contributed by atoms with E-state index in [-0.39, 0.29) is 23.1 Å². The second kappa shape index (κ2) is 6.46. The molecule has 0 atom stereocenters. The lowest BCUT2D eigenvalue weighted by atomic mass is 10.0. The number of amides is 2. The molecule has 6 nitrogen and oxygen atoms in total. The molecule has 2 amide bonds. The van der Waals surface area contributed by atoms with E-state index < -0.39 is 5.91 Å². The summed E-state index contributed by atoms with van der Waals surface area (Å²) in [6, 6.07) is 9.20. The fraction of sp³-hybridized carbons (Fsp3) is 0.389. The van der Waals surface area contributed by atoms with Crippen LogP contribution in [0.3, 0.4) is 0 Å². The number of carbonyl (C=O) groups excluding carboxylic acids is 2. The van der Waals surface area contributed by atoms with E-state index in [4.69, 9.17) is 4.74 Å². The molecule has 6 heteroatoms. The molecule has 2 aliphatic heterocycles. The first-order valence-electron chi connectivity index (χ1n) is 8.00. The van der Waals surface area contributed by atoms with Crippen LogP contribution in [-0.2, 0) is 14.3 Å². The van der Waals surface area contributed by atoms with Crippen LogP contribution in [0, 0.1) is 11.3 Å². The highest BCUT2D eigenvalue weighted by molar-refractivity contribution is 6.37. The van der Waals surface area contributed by atoms with Gasteiger partial charge in [0.2, 0.25) is 0 Å². The number of carbonyl (C=O) groups is 2. The highest BCUT2D eigenvalue weighted by Gasteiger charge is 2.38. The first-order chi connectivity index (χ1) is 11.6. The minimum absolute atomic E-state index is 0.0606. The Bertz CT molecular complexity index is 755. The Morgan fingerprint density at radius 2 is 1.92 bits per heavy atom. The Labute approximate surface area is 140 Å². The maximum Gasteiger partial charge on any atom is 0.265 e. The maximum atomic E-state index is 12.9. The largest absolute Gasteiger partial charge is 0.378 e. The SMILES string of the molecule is CC(C)N1C(=O)C(=C(C#N)C(=O)N2CCOCC2)c2ccccc21. The van der Waals surface area contributed by atoms with Crippen molar-refractivity contribution >= 4 is 23.1 Å². The lowest BCUT2D eigenvalue weighted by molar-refractivity contribution is -0.130. The summed E-state index contributed by atoms with van der Waals surface area (Å²) in [4.78, 5) is 28.9. The molecular weight excluding hydrogens is 306 g/mol. The van der Waals surface area contributed by atoms with Gasteiger partial charge in [-0.15, -0.1) is 0 Å². The molecule has 1 saturated heterocycles. The second-order valence-electron chi connectivity index (χ2n) is 6.05. The summed E-state index contributed by atoms with van der Waals surface area (Å²) in [5.41, 5.74) is 1.51. The number of para-hydroxylation sites is 1. The van der Waals surface area contributed by atoms with Gasteiger partial charge in [-0.2, -0.15) is 5.26 Å². The minimum Gasteiger partial charge on any atom is -0.378 e. The molecule has 0 unspecified atom stereocenters. The highest BCUT2D eigenvalue weighted by Crippen LogP contribution is 2.39. The van der Waals surface area contributed by atoms with Crippen LogP contribution in [0.15, 0.2) is 29.8 Å². The summed E-state index contributed by atoms with van der Waals surface area (Å²) in [7, 11) is 0. The van der Waals surface area contributed by atoms with Crippen molar-refractivity contribution in [3.63, 3.8) is 0 Å². The Balaban J connectivity index is 2.11. The minimum atomic E-state index is -0.399. The van der Waals surface area contributed by atoms with E-state index in [9.17, 15) is 14.9 Å². The normalized spacial score (nSPS) is 19.3. The smallest absolute Gasteiger partial charge is 0.265 e. The molecule has 1 aromatic carbocycles. The molecule has 3 rings (SSSR count). The first kappa shape index (κ1) is 16.2. The van der Waals surface area contributed by atoms with Crippen molar-refractivity contribution < 1.29 is 14.3 Å². The second-order valence-corrected chi connectivity index (χ2v) is 6.05. The number of morpholine rings is 1. The van der Waals surface area contributed by atoms with E-state index in [1.807, 2.05) is 38.1 Å². The van der Waals surface area contributed by atoms with E-state index in [0.29, 0.717) is 31.9 Å². The van der Waals surface area contributed by atoms with Crippen molar-refractivity contribution in [1.29, 1.82) is 5.26 Å². The van der Waals surface area contributed by atoms with Crippen LogP contribution in [-0.4, -0.2) is 49.1 Å². The number of fused-ring (bicyclic) bond motifs is 1. The quantitative estimate of drug-likeness (QED) is 0.611. The number of hydrogen-bond donors (Lipinski definition) is 0. The number of nitriles is 1. The van der Waals surface area contributed by atoms with Gasteiger partial charge in [0, 0.05) is 24.7 Å². The molecule has 0 aromatic heterocycles. The van der Waals surface area contributed by atoms with Crippen LogP contribution in [0.4, 0.5) is 5.69 Å². The van der Waals surface area contributed by atoms with Crippen LogP contribution in [0.5, 0.6) is 0 Å². The van der Waals surface area contributed by atoms with Crippen LogP contribution >= 0.6 is 0 Å². The molecule has 2 heterocycles. The number of rotatable bonds is 2. The molecule has 0 spiro atoms. The molecule has 0 radical (unpaired) electrons. The van der Waals surface area contributed by atoms with Crippen molar-refractivity contribution in [2.24, 2.45) is 0 Å². The molecule has 24 heavy (non-hydrogen) atoms. The predicted octanol–water partition coefficient (Wildman–Crippen LogP) is 1.58. The average molecular weight is 325 g/mol. The van der Waals surface area contributed by atoms with Crippen molar-refractivity contribution in [3.05, 3.63) is 35.4 Å². The Hall–Kier alpha value is -2.65. The van der Waals surface area contributed by atoms with Crippen LogP contribution in [0.1, 0.15) is 19.4 Å². The van der Waals surface area contributed by atoms with E-state index >= 15 is 0 Å². The van der Waals surface area contributed by atoms with E-state index in [2.05, 4.69) is 0 Å². The lowest BCUT2D eigenvalue weighted by Gasteiger charge is -2.26. The van der Waals surface area contributed by atoms with Gasteiger partial charge in [-0.1, -0.05) is 18.2 Å². The topological polar surface area (TPSA) is 73.6 Å². The van der Waals surface area contributed by atoms with Gasteiger partial charge >= 0.3 is 0 Å². The van der Waals surface area contributed by atoms with Crippen molar-refractivity contribution in [1.82, 2.24) is 4.90 Å². The standard InChI is InChI=1S/C18H19N3O3/c1-12(2)21-15-6-4-3-5-13(15)16(18(21)23)14(11-19)17(22)20-7-9-24-10-8-20/h3-6,12H,7-10H2,1-2H3. The van der Waals surface area contributed by atoms with Crippen molar-refractivity contribution in [2.45, 2.75) is 19.9 Å². The molecule has 1 fully saturated rings. The van der Waals surface area contributed by atoms with Gasteiger partial charge < -0.3 is 14.5 Å². The van der Waals surface area contributed by atoms with Gasteiger partial charge in [0.05, 0.1) is 24.5 Å². The number of nitrogens with zero attached hydrogens (tertiary/aromatic N) is 3. The summed E-state index contributed by atoms with van der Waals surface area (Å²) in [6.45, 7) is 5.58. The third-order valence-corrected chi connectivity index (χ3v) is 4.26. The highest BCUT2D eigenvalue weighted by atomic mass is 16.5. The summed E-state index contributed by atoms with van der Waals surface area (Å²) in [5, 5.41) is 9.60. The van der Waals surface area contributed by atoms with E-state index in [1.54, 1.807) is 15.9 Å². The average Bonchev–Trinajstić information content (AvgIpc) is 2.89. The first-order valence-corrected chi connectivity index (χ1v) is 8.00. The Morgan fingerprint density at radius 1 is 1.25 bits per heavy atom. The number of ether oxygens (including phenoxy) is 1. The summed E-state index contributed by atoms with van der Waals surface area (Å²) < 4.78 is 5.25. The van der Waals surface area contributed by atoms with Gasteiger partial charge in [0.1, 0.15) is 11.6 Å². The third kappa shape index (κ3) is 2.57. The molecular formula is C18H19N3O3. The zero-order valence-corrected chi connectivity index (χ0v) is 13.8. The molecule has 0 bridgehead atoms. The molecule has 124 valence electrons. The summed E-state index contributed by atoms with van der Waals surface area (Å²) in [5.74, 6) is -0.686. The molecule has 0 saturated carbocycles. The van der Waals surface area contributed by atoms with E-state index in [1.165, 1.54) is 0 Å². The van der Waals surface area contributed by atoms with Crippen molar-refractivity contribution in [3.8, 4) is 6.07 Å². The predicted molar refractivity (Wildman–Crippen MR) is 89.0 cm³/mol. The fourth-order valence-electron chi connectivity index (χ4n) is 3.13. The zero-order chi connectivity index (χ0) is 17.3. The summed E-state index contributed by atoms with van der Waals surface area (Å²) >= 11 is 0. The molecule has 2 aliphatic rings. The fourth-order valence-corrected chi connectivity index (χ4v) is 3.13. The van der Waals surface area contributed by atoms with Gasteiger partial charge in [-0.3, -0.25) is 9.59 Å². The van der Waals surface area contributed by atoms with Gasteiger partial charge in [-0.05, 0) is 19.9 Å². The maximum absolute atomic E-state index is 12.9. The van der Waals surface area contributed by atoms with Crippen LogP contribution in [0.25, 0.3) is 5.57 Å². The van der Waals surface area contributed by atoms with Crippen molar-refractivity contribution in [2.75, 3.05) is 31.2 Å². The lowest BCUT2D eigenvalue weighted by Crippen LogP contribution is -2.42. The van der Waals surface area contributed by atoms with Gasteiger partial charge in [-0.25, -0.2) is 0 Å². The number of hydrogen-bond acceptors (Lipinski definition) is 4. The monoisotopic (exact) mass is 325 g/mol. The third-order valence-electron chi connectivity index (χ3n) is 4.26. The van der Waals surface area contributed by atoms with Crippen LogP contribution < -0.4 is 4.90 Å². The molecule has 0 aliphatic carbocycles. The van der Waals surface area contributed by atoms with Gasteiger partial charge in [0.25, 0.3) is 11.8 Å². The molecule has 1 aromatic rings. The number of benzene rings is 1. The summed E-state index contributed by atoms with van der Waals surface area (Å²) in [6.07, 6.45) is 0. The Kier molecular flexibility index (Phi) is 4.36. The van der Waals surface area contributed by atoms with E-state index in [0.717, 1.165) is 5.69 Å². The Morgan fingerprint density at radius 3 is 2.54 bits per heavy atom. The molecule has 0 N–H and O–H groups in total. The number of anilines is 1.